The fraction of sp³-hybridized carbons (Fsp3) is 0.208. The lowest BCUT2D eigenvalue weighted by atomic mass is 10.1. The molecule has 1 aliphatic carbocycles. The Bertz CT molecular complexity index is 1080. The van der Waals surface area contributed by atoms with E-state index in [0.29, 0.717) is 5.56 Å². The fourth-order valence-corrected chi connectivity index (χ4v) is 4.20. The maximum absolute atomic E-state index is 13.0. The van der Waals surface area contributed by atoms with Crippen molar-refractivity contribution in [3.63, 3.8) is 0 Å². The van der Waals surface area contributed by atoms with E-state index >= 15 is 0 Å². The molecule has 0 spiro atoms. The maximum atomic E-state index is 13.0. The van der Waals surface area contributed by atoms with Crippen molar-refractivity contribution in [2.75, 3.05) is 5.32 Å². The van der Waals surface area contributed by atoms with Gasteiger partial charge >= 0.3 is 0 Å². The smallest absolute Gasteiger partial charge is 0.252 e. The van der Waals surface area contributed by atoms with Crippen molar-refractivity contribution in [1.29, 1.82) is 0 Å². The first-order valence-electron chi connectivity index (χ1n) is 10.1. The SMILES string of the molecule is CC(NC(=O)c1ccccc1Sc1ccc(Br)cn1)c1ccc(NC(=O)C2CC2)cc1. The molecular weight excluding hydrogens is 474 g/mol. The topological polar surface area (TPSA) is 71.1 Å². The molecule has 0 radical (unpaired) electrons. The molecule has 0 bridgehead atoms. The molecule has 1 unspecified atom stereocenters. The van der Waals surface area contributed by atoms with Crippen LogP contribution in [0.5, 0.6) is 0 Å². The van der Waals surface area contributed by atoms with E-state index in [-0.39, 0.29) is 23.8 Å². The van der Waals surface area contributed by atoms with Crippen molar-refractivity contribution >= 4 is 45.2 Å². The molecule has 5 nitrogen and oxygen atoms in total. The third-order valence-corrected chi connectivity index (χ3v) is 6.52. The molecular formula is C24H22BrN3O2S. The third kappa shape index (κ3) is 5.74. The first kappa shape index (κ1) is 21.6. The minimum absolute atomic E-state index is 0.0865. The highest BCUT2D eigenvalue weighted by Gasteiger charge is 2.29. The Morgan fingerprint density at radius 2 is 1.81 bits per heavy atom. The number of aromatic nitrogens is 1. The lowest BCUT2D eigenvalue weighted by molar-refractivity contribution is -0.117. The number of pyridine rings is 1. The van der Waals surface area contributed by atoms with E-state index in [0.717, 1.165) is 38.5 Å². The number of nitrogens with zero attached hydrogens (tertiary/aromatic N) is 1. The van der Waals surface area contributed by atoms with Gasteiger partial charge in [-0.15, -0.1) is 0 Å². The van der Waals surface area contributed by atoms with Crippen LogP contribution in [0.2, 0.25) is 0 Å². The number of hydrogen-bond donors (Lipinski definition) is 2. The van der Waals surface area contributed by atoms with Gasteiger partial charge in [0.05, 0.1) is 11.6 Å². The monoisotopic (exact) mass is 495 g/mol. The van der Waals surface area contributed by atoms with E-state index in [4.69, 9.17) is 0 Å². The molecule has 158 valence electrons. The van der Waals surface area contributed by atoms with Crippen LogP contribution in [-0.2, 0) is 4.79 Å². The van der Waals surface area contributed by atoms with Gasteiger partial charge in [-0.3, -0.25) is 9.59 Å². The zero-order valence-corrected chi connectivity index (χ0v) is 19.4. The van der Waals surface area contributed by atoms with E-state index in [9.17, 15) is 9.59 Å². The molecule has 31 heavy (non-hydrogen) atoms. The molecule has 2 N–H and O–H groups in total. The van der Waals surface area contributed by atoms with Gasteiger partial charge < -0.3 is 10.6 Å². The summed E-state index contributed by atoms with van der Waals surface area (Å²) in [7, 11) is 0. The van der Waals surface area contributed by atoms with E-state index in [1.807, 2.05) is 67.6 Å². The van der Waals surface area contributed by atoms with Crippen LogP contribution in [0, 0.1) is 5.92 Å². The predicted octanol–water partition coefficient (Wildman–Crippen LogP) is 5.83. The zero-order chi connectivity index (χ0) is 21.8. The van der Waals surface area contributed by atoms with Crippen LogP contribution in [0.25, 0.3) is 0 Å². The predicted molar refractivity (Wildman–Crippen MR) is 126 cm³/mol. The Balaban J connectivity index is 1.41. The second-order valence-corrected chi connectivity index (χ2v) is 9.47. The first-order valence-corrected chi connectivity index (χ1v) is 11.7. The summed E-state index contributed by atoms with van der Waals surface area (Å²) >= 11 is 4.84. The normalized spacial score (nSPS) is 14.0. The van der Waals surface area contributed by atoms with Gasteiger partial charge in [0.2, 0.25) is 5.91 Å². The van der Waals surface area contributed by atoms with Crippen LogP contribution in [0.3, 0.4) is 0 Å². The second kappa shape index (κ2) is 9.66. The highest BCUT2D eigenvalue weighted by Crippen LogP contribution is 2.31. The van der Waals surface area contributed by atoms with Crippen molar-refractivity contribution in [2.24, 2.45) is 5.92 Å². The third-order valence-electron chi connectivity index (χ3n) is 5.02. The van der Waals surface area contributed by atoms with Crippen LogP contribution in [0.15, 0.2) is 81.3 Å². The van der Waals surface area contributed by atoms with Gasteiger partial charge in [0.1, 0.15) is 5.03 Å². The minimum Gasteiger partial charge on any atom is -0.345 e. The quantitative estimate of drug-likeness (QED) is 0.432. The maximum Gasteiger partial charge on any atom is 0.252 e. The molecule has 0 aliphatic heterocycles. The standard InChI is InChI=1S/C24H22BrN3O2S/c1-15(16-8-11-19(12-9-16)28-23(29)17-6-7-17)27-24(30)20-4-2-3-5-21(20)31-22-13-10-18(25)14-26-22/h2-5,8-15,17H,6-7H2,1H3,(H,27,30)(H,28,29). The molecule has 1 aromatic heterocycles. The Labute approximate surface area is 194 Å². The largest absolute Gasteiger partial charge is 0.345 e. The summed E-state index contributed by atoms with van der Waals surface area (Å²) in [6.07, 6.45) is 3.69. The molecule has 0 saturated heterocycles. The van der Waals surface area contributed by atoms with Gasteiger partial charge in [-0.1, -0.05) is 36.0 Å². The Hall–Kier alpha value is -2.64. The van der Waals surface area contributed by atoms with Crippen molar-refractivity contribution in [3.8, 4) is 0 Å². The number of halogens is 1. The van der Waals surface area contributed by atoms with E-state index in [2.05, 4.69) is 31.5 Å². The number of anilines is 1. The highest BCUT2D eigenvalue weighted by atomic mass is 79.9. The number of hydrogen-bond acceptors (Lipinski definition) is 4. The van der Waals surface area contributed by atoms with Gasteiger partial charge in [0.15, 0.2) is 0 Å². The summed E-state index contributed by atoms with van der Waals surface area (Å²) in [6.45, 7) is 1.95. The van der Waals surface area contributed by atoms with Gasteiger partial charge in [0.25, 0.3) is 5.91 Å². The molecule has 1 heterocycles. The summed E-state index contributed by atoms with van der Waals surface area (Å²) in [5, 5.41) is 6.82. The van der Waals surface area contributed by atoms with E-state index < -0.39 is 0 Å². The summed E-state index contributed by atoms with van der Waals surface area (Å²) in [4.78, 5) is 30.1. The van der Waals surface area contributed by atoms with Crippen LogP contribution in [0.4, 0.5) is 5.69 Å². The number of benzene rings is 2. The highest BCUT2D eigenvalue weighted by molar-refractivity contribution is 9.10. The Kier molecular flexibility index (Phi) is 6.73. The summed E-state index contributed by atoms with van der Waals surface area (Å²) in [6, 6.07) is 18.8. The van der Waals surface area contributed by atoms with E-state index in [1.54, 1.807) is 6.20 Å². The average Bonchev–Trinajstić information content (AvgIpc) is 3.62. The Morgan fingerprint density at radius 1 is 1.06 bits per heavy atom. The average molecular weight is 496 g/mol. The van der Waals surface area contributed by atoms with Crippen molar-refractivity contribution in [3.05, 3.63) is 82.5 Å². The number of nitrogens with one attached hydrogen (secondary N) is 2. The summed E-state index contributed by atoms with van der Waals surface area (Å²) < 4.78 is 0.912. The Morgan fingerprint density at radius 3 is 2.48 bits per heavy atom. The molecule has 4 rings (SSSR count). The van der Waals surface area contributed by atoms with Crippen molar-refractivity contribution in [2.45, 2.75) is 35.7 Å². The molecule has 1 fully saturated rings. The fourth-order valence-electron chi connectivity index (χ4n) is 3.08. The molecule has 2 amide bonds. The van der Waals surface area contributed by atoms with Gasteiger partial charge in [0, 0.05) is 27.2 Å². The first-order chi connectivity index (χ1) is 15.0. The number of rotatable bonds is 7. The second-order valence-electron chi connectivity index (χ2n) is 7.49. The lowest BCUT2D eigenvalue weighted by Gasteiger charge is -2.16. The number of amides is 2. The molecule has 3 aromatic rings. The van der Waals surface area contributed by atoms with Gasteiger partial charge in [-0.05, 0) is 77.7 Å². The number of carbonyl (C=O) groups excluding carboxylic acids is 2. The summed E-state index contributed by atoms with van der Waals surface area (Å²) in [5.74, 6) is 0.116. The van der Waals surface area contributed by atoms with Gasteiger partial charge in [-0.25, -0.2) is 4.98 Å². The van der Waals surface area contributed by atoms with Crippen LogP contribution < -0.4 is 10.6 Å². The van der Waals surface area contributed by atoms with E-state index in [1.165, 1.54) is 11.8 Å². The van der Waals surface area contributed by atoms with Crippen LogP contribution >= 0.6 is 27.7 Å². The van der Waals surface area contributed by atoms with Crippen molar-refractivity contribution < 1.29 is 9.59 Å². The zero-order valence-electron chi connectivity index (χ0n) is 17.0. The molecule has 1 aliphatic rings. The molecule has 1 saturated carbocycles. The van der Waals surface area contributed by atoms with Gasteiger partial charge in [-0.2, -0.15) is 0 Å². The minimum atomic E-state index is -0.176. The summed E-state index contributed by atoms with van der Waals surface area (Å²) in [5.41, 5.74) is 2.36. The lowest BCUT2D eigenvalue weighted by Crippen LogP contribution is -2.27. The molecule has 1 atom stereocenters. The van der Waals surface area contributed by atoms with Crippen LogP contribution in [0.1, 0.15) is 41.7 Å². The van der Waals surface area contributed by atoms with Crippen molar-refractivity contribution in [1.82, 2.24) is 10.3 Å². The number of carbonyl (C=O) groups is 2. The molecule has 2 aromatic carbocycles. The molecule has 7 heteroatoms. The van der Waals surface area contributed by atoms with Crippen LogP contribution in [-0.4, -0.2) is 16.8 Å².